The molecule has 0 saturated heterocycles. The van der Waals surface area contributed by atoms with Gasteiger partial charge < -0.3 is 46.8 Å². The first kappa shape index (κ1) is 52.5. The Morgan fingerprint density at radius 1 is 0.391 bits per heavy atom. The Hall–Kier alpha value is -9.09. The van der Waals surface area contributed by atoms with Gasteiger partial charge >= 0.3 is 42.2 Å². The van der Waals surface area contributed by atoms with Crippen molar-refractivity contribution in [3.63, 3.8) is 0 Å². The monoisotopic (exact) mass is 968 g/mol. The SMILES string of the molecule is CNc1cc(NC(=O)c2cc(C(C)=O)c(C(=O)O)cc2C(=O)O)cc(C(=O)O)c1.CNc1ccc(-c2ccc(NC(=O)c3cc(C(C)=O)c(C(=O)O)cc3C(=O)O)cc2C(F)(F)F)c(C(F)(F)F)c1. The summed E-state index contributed by atoms with van der Waals surface area (Å²) in [5.41, 5.74) is -9.51. The Labute approximate surface area is 383 Å². The van der Waals surface area contributed by atoms with Crippen molar-refractivity contribution in [3.8, 4) is 11.1 Å². The molecule has 9 N–H and O–H groups in total. The molecular formula is C45H34F6N4O14. The number of nitrogens with one attached hydrogen (secondary N) is 4. The Kier molecular flexibility index (Phi) is 15.7. The number of amides is 2. The summed E-state index contributed by atoms with van der Waals surface area (Å²) in [5.74, 6) is -11.5. The highest BCUT2D eigenvalue weighted by Crippen LogP contribution is 2.44. The summed E-state index contributed by atoms with van der Waals surface area (Å²) in [6.07, 6.45) is -10.2. The molecule has 0 unspecified atom stereocenters. The highest BCUT2D eigenvalue weighted by Gasteiger charge is 2.39. The van der Waals surface area contributed by atoms with Gasteiger partial charge in [0.15, 0.2) is 11.6 Å². The Morgan fingerprint density at radius 2 is 0.725 bits per heavy atom. The standard InChI is InChI=1S/C26H18F6N2O6.C19H16N2O8/c1-11(35)16-9-17(19(24(39)40)10-18(16)23(37)38)22(36)34-13-4-6-15(21(8-13)26(30,31)32)14-5-3-12(33-2)7-20(14)25(27,28)29;1-8(22)12-6-13(15(19(28)29)7-14(12)18(26)27)16(23)21-11-4-9(17(24)25)3-10(5-11)20-2/h3-10,33H,1-2H3,(H,34,36)(H,37,38)(H,39,40);3-7,20H,1-2H3,(H,21,23)(H,24,25)(H,26,27)(H,28,29). The highest BCUT2D eigenvalue weighted by atomic mass is 19.4. The molecule has 24 heteroatoms. The number of Topliss-reactive ketones (excluding diaryl/α,β-unsaturated/α-hetero) is 2. The number of alkyl halides is 6. The molecule has 0 aliphatic carbocycles. The van der Waals surface area contributed by atoms with Crippen LogP contribution in [0.2, 0.25) is 0 Å². The van der Waals surface area contributed by atoms with Crippen LogP contribution in [0.1, 0.15) is 118 Å². The fraction of sp³-hybridized carbons (Fsp3) is 0.133. The molecule has 0 radical (unpaired) electrons. The number of aromatic carboxylic acids is 5. The van der Waals surface area contributed by atoms with E-state index in [2.05, 4.69) is 16.0 Å². The van der Waals surface area contributed by atoms with Gasteiger partial charge in [-0.1, -0.05) is 12.1 Å². The molecule has 0 aliphatic rings. The maximum absolute atomic E-state index is 14.0. The van der Waals surface area contributed by atoms with E-state index < -0.39 is 132 Å². The summed E-state index contributed by atoms with van der Waals surface area (Å²) >= 11 is 0. The number of halogens is 6. The smallest absolute Gasteiger partial charge is 0.417 e. The second kappa shape index (κ2) is 20.6. The van der Waals surface area contributed by atoms with Crippen molar-refractivity contribution in [1.82, 2.24) is 0 Å². The largest absolute Gasteiger partial charge is 0.478 e. The van der Waals surface area contributed by atoms with Crippen molar-refractivity contribution < 1.29 is 95.0 Å². The van der Waals surface area contributed by atoms with Gasteiger partial charge in [0.2, 0.25) is 0 Å². The van der Waals surface area contributed by atoms with Crippen molar-refractivity contribution in [2.45, 2.75) is 26.2 Å². The fourth-order valence-electron chi connectivity index (χ4n) is 6.49. The van der Waals surface area contributed by atoms with Crippen LogP contribution in [0, 0.1) is 0 Å². The Bertz CT molecular complexity index is 3000. The fourth-order valence-corrected chi connectivity index (χ4v) is 6.49. The van der Waals surface area contributed by atoms with Gasteiger partial charge in [-0.25, -0.2) is 24.0 Å². The van der Waals surface area contributed by atoms with E-state index in [-0.39, 0.29) is 22.5 Å². The number of carbonyl (C=O) groups is 9. The molecular weight excluding hydrogens is 934 g/mol. The van der Waals surface area contributed by atoms with Gasteiger partial charge in [-0.15, -0.1) is 0 Å². The van der Waals surface area contributed by atoms with Gasteiger partial charge in [0, 0.05) is 48.0 Å². The lowest BCUT2D eigenvalue weighted by Gasteiger charge is -2.19. The zero-order chi connectivity index (χ0) is 52.0. The molecule has 0 heterocycles. The van der Waals surface area contributed by atoms with Gasteiger partial charge in [0.05, 0.1) is 50.1 Å². The number of rotatable bonds is 14. The Morgan fingerprint density at radius 3 is 1.07 bits per heavy atom. The second-order valence-electron chi connectivity index (χ2n) is 14.2. The predicted octanol–water partition coefficient (Wildman–Crippen LogP) is 8.56. The third-order valence-corrected chi connectivity index (χ3v) is 9.70. The molecule has 18 nitrogen and oxygen atoms in total. The van der Waals surface area contributed by atoms with E-state index in [1.54, 1.807) is 7.05 Å². The molecule has 0 aliphatic heterocycles. The topological polar surface area (TPSA) is 303 Å². The van der Waals surface area contributed by atoms with E-state index in [0.717, 1.165) is 44.2 Å². The lowest BCUT2D eigenvalue weighted by Crippen LogP contribution is -2.20. The molecule has 0 spiro atoms. The van der Waals surface area contributed by atoms with Crippen LogP contribution in [0.3, 0.4) is 0 Å². The average molecular weight is 969 g/mol. The summed E-state index contributed by atoms with van der Waals surface area (Å²) in [5, 5.41) is 56.1. The lowest BCUT2D eigenvalue weighted by molar-refractivity contribution is -0.139. The van der Waals surface area contributed by atoms with Crippen molar-refractivity contribution in [1.29, 1.82) is 0 Å². The first-order chi connectivity index (χ1) is 32.0. The predicted molar refractivity (Wildman–Crippen MR) is 231 cm³/mol. The average Bonchev–Trinajstić information content (AvgIpc) is 3.26. The third kappa shape index (κ3) is 12.2. The number of hydrogen-bond acceptors (Lipinski definition) is 11. The van der Waals surface area contributed by atoms with Crippen molar-refractivity contribution in [2.75, 3.05) is 35.4 Å². The lowest BCUT2D eigenvalue weighted by atomic mass is 9.93. The van der Waals surface area contributed by atoms with E-state index in [1.807, 2.05) is 5.32 Å². The number of carboxylic acids is 5. The number of ketones is 2. The first-order valence-electron chi connectivity index (χ1n) is 19.1. The number of carboxylic acid groups (broad SMARTS) is 5. The van der Waals surface area contributed by atoms with Crippen LogP contribution in [-0.4, -0.2) is 92.9 Å². The van der Waals surface area contributed by atoms with E-state index in [9.17, 15) is 89.9 Å². The van der Waals surface area contributed by atoms with Gasteiger partial charge in [-0.3, -0.25) is 19.2 Å². The second-order valence-corrected chi connectivity index (χ2v) is 14.2. The molecule has 360 valence electrons. The zero-order valence-electron chi connectivity index (χ0n) is 35.7. The van der Waals surface area contributed by atoms with Crippen LogP contribution in [0.5, 0.6) is 0 Å². The Balaban J connectivity index is 0.000000317. The summed E-state index contributed by atoms with van der Waals surface area (Å²) < 4.78 is 83.1. The third-order valence-electron chi connectivity index (χ3n) is 9.70. The van der Waals surface area contributed by atoms with Crippen LogP contribution < -0.4 is 21.3 Å². The van der Waals surface area contributed by atoms with E-state index in [0.29, 0.717) is 36.0 Å². The van der Waals surface area contributed by atoms with Gasteiger partial charge in [-0.05, 0) is 91.7 Å². The van der Waals surface area contributed by atoms with Crippen molar-refractivity contribution in [2.24, 2.45) is 0 Å². The number of hydrogen-bond donors (Lipinski definition) is 9. The number of carbonyl (C=O) groups excluding carboxylic acids is 4. The molecule has 0 fully saturated rings. The molecule has 69 heavy (non-hydrogen) atoms. The maximum Gasteiger partial charge on any atom is 0.417 e. The normalized spacial score (nSPS) is 11.0. The van der Waals surface area contributed by atoms with E-state index in [4.69, 9.17) is 5.11 Å². The van der Waals surface area contributed by atoms with Crippen LogP contribution in [0.15, 0.2) is 78.9 Å². The quantitative estimate of drug-likeness (QED) is 0.0372. The minimum absolute atomic E-state index is 0.00148. The van der Waals surface area contributed by atoms with E-state index in [1.165, 1.54) is 25.2 Å². The maximum atomic E-state index is 14.0. The minimum atomic E-state index is -5.18. The summed E-state index contributed by atoms with van der Waals surface area (Å²) in [6.45, 7) is 2.04. The van der Waals surface area contributed by atoms with Crippen LogP contribution in [0.25, 0.3) is 11.1 Å². The molecule has 0 aromatic heterocycles. The summed E-state index contributed by atoms with van der Waals surface area (Å²) in [6, 6.07) is 11.4. The van der Waals surface area contributed by atoms with Crippen LogP contribution in [-0.2, 0) is 12.4 Å². The van der Waals surface area contributed by atoms with Gasteiger partial charge in [0.1, 0.15) is 0 Å². The van der Waals surface area contributed by atoms with Crippen molar-refractivity contribution >= 4 is 76.0 Å². The molecule has 5 rings (SSSR count). The summed E-state index contributed by atoms with van der Waals surface area (Å²) in [4.78, 5) is 106. The number of anilines is 4. The zero-order valence-corrected chi connectivity index (χ0v) is 35.7. The summed E-state index contributed by atoms with van der Waals surface area (Å²) in [7, 11) is 2.87. The molecule has 2 amide bonds. The van der Waals surface area contributed by atoms with Crippen molar-refractivity contribution in [3.05, 3.63) is 140 Å². The van der Waals surface area contributed by atoms with Gasteiger partial charge in [0.25, 0.3) is 11.8 Å². The number of benzene rings is 5. The van der Waals surface area contributed by atoms with Gasteiger partial charge in [-0.2, -0.15) is 26.3 Å². The molecule has 5 aromatic carbocycles. The molecule has 5 aromatic rings. The molecule has 0 bridgehead atoms. The highest BCUT2D eigenvalue weighted by molar-refractivity contribution is 6.16. The minimum Gasteiger partial charge on any atom is -0.478 e. The van der Waals surface area contributed by atoms with E-state index >= 15 is 0 Å². The molecule has 0 saturated carbocycles. The first-order valence-corrected chi connectivity index (χ1v) is 19.1. The van der Waals surface area contributed by atoms with Crippen LogP contribution in [0.4, 0.5) is 49.1 Å². The molecule has 0 atom stereocenters. The van der Waals surface area contributed by atoms with Crippen LogP contribution >= 0.6 is 0 Å².